The van der Waals surface area contributed by atoms with Crippen molar-refractivity contribution in [3.8, 4) is 39.8 Å². The van der Waals surface area contributed by atoms with Gasteiger partial charge in [0.15, 0.2) is 11.0 Å². The summed E-state index contributed by atoms with van der Waals surface area (Å²) in [6.07, 6.45) is 6.44. The van der Waals surface area contributed by atoms with E-state index in [4.69, 9.17) is 32.9 Å². The smallest absolute Gasteiger partial charge is 0.187 e. The predicted octanol–water partition coefficient (Wildman–Crippen LogP) is 6.91. The minimum atomic E-state index is 0.164. The van der Waals surface area contributed by atoms with Crippen molar-refractivity contribution in [3.05, 3.63) is 94.9 Å². The lowest BCUT2D eigenvalue weighted by Crippen LogP contribution is -2.00. The molecule has 3 heterocycles. The Kier molecular flexibility index (Phi) is 7.09. The number of imidazole rings is 1. The van der Waals surface area contributed by atoms with Gasteiger partial charge in [-0.25, -0.2) is 15.0 Å². The van der Waals surface area contributed by atoms with Gasteiger partial charge in [-0.3, -0.25) is 4.98 Å². The van der Waals surface area contributed by atoms with E-state index in [0.29, 0.717) is 45.7 Å². The number of nitrogens with zero attached hydrogens (tertiary/aromatic N) is 5. The van der Waals surface area contributed by atoms with Crippen LogP contribution < -0.4 is 4.74 Å². The average molecular weight is 536 g/mol. The van der Waals surface area contributed by atoms with Crippen LogP contribution in [0, 0.1) is 0 Å². The van der Waals surface area contributed by atoms with Crippen molar-refractivity contribution < 1.29 is 9.94 Å². The van der Waals surface area contributed by atoms with Crippen LogP contribution in [0.15, 0.2) is 84.4 Å². The summed E-state index contributed by atoms with van der Waals surface area (Å²) in [5.74, 6) is 0.801. The topological polar surface area (TPSA) is 86.0 Å². The summed E-state index contributed by atoms with van der Waals surface area (Å²) < 4.78 is 6.99. The summed E-state index contributed by atoms with van der Waals surface area (Å²) in [5, 5.41) is 12.5. The predicted molar refractivity (Wildman–Crippen MR) is 142 cm³/mol. The molecule has 0 saturated heterocycles. The number of hydrogen-bond acceptors (Lipinski definition) is 7. The number of halogens is 2. The lowest BCUT2D eigenvalue weighted by molar-refractivity contribution is 0.195. The number of pyridine rings is 1. The highest BCUT2D eigenvalue weighted by molar-refractivity contribution is 7.98. The van der Waals surface area contributed by atoms with Gasteiger partial charge >= 0.3 is 0 Å². The summed E-state index contributed by atoms with van der Waals surface area (Å²) in [7, 11) is 0. The van der Waals surface area contributed by atoms with Gasteiger partial charge in [-0.2, -0.15) is 4.73 Å². The molecule has 0 bridgehead atoms. The Balaban J connectivity index is 1.64. The second kappa shape index (κ2) is 10.6. The van der Waals surface area contributed by atoms with Crippen LogP contribution in [0.5, 0.6) is 5.75 Å². The third kappa shape index (κ3) is 4.88. The summed E-state index contributed by atoms with van der Waals surface area (Å²) in [5.41, 5.74) is 3.46. The van der Waals surface area contributed by atoms with Crippen molar-refractivity contribution in [1.29, 1.82) is 0 Å². The van der Waals surface area contributed by atoms with Gasteiger partial charge in [-0.1, -0.05) is 77.4 Å². The molecule has 0 atom stereocenters. The molecule has 1 N–H and O–H groups in total. The van der Waals surface area contributed by atoms with Gasteiger partial charge in [0.1, 0.15) is 23.7 Å². The maximum atomic E-state index is 11.4. The van der Waals surface area contributed by atoms with Crippen LogP contribution in [-0.4, -0.2) is 36.1 Å². The number of ether oxygens (including phenoxy) is 1. The van der Waals surface area contributed by atoms with Crippen molar-refractivity contribution >= 4 is 35.0 Å². The van der Waals surface area contributed by atoms with E-state index >= 15 is 0 Å². The number of aromatic nitrogens is 5. The molecule has 5 rings (SSSR count). The van der Waals surface area contributed by atoms with Gasteiger partial charge in [0, 0.05) is 24.2 Å². The minimum absolute atomic E-state index is 0.164. The van der Waals surface area contributed by atoms with E-state index < -0.39 is 0 Å². The fourth-order valence-electron chi connectivity index (χ4n) is 3.68. The van der Waals surface area contributed by atoms with Crippen molar-refractivity contribution in [3.63, 3.8) is 0 Å². The molecule has 180 valence electrons. The molecule has 0 aliphatic carbocycles. The van der Waals surface area contributed by atoms with E-state index in [2.05, 4.69) is 15.0 Å². The van der Waals surface area contributed by atoms with E-state index in [9.17, 15) is 5.21 Å². The third-order valence-corrected chi connectivity index (χ3v) is 6.48. The van der Waals surface area contributed by atoms with Crippen molar-refractivity contribution in [2.24, 2.45) is 0 Å². The van der Waals surface area contributed by atoms with Crippen LogP contribution >= 0.6 is 35.0 Å². The average Bonchev–Trinajstić information content (AvgIpc) is 3.25. The highest BCUT2D eigenvalue weighted by Crippen LogP contribution is 2.40. The number of thioether (sulfide) groups is 1. The van der Waals surface area contributed by atoms with Gasteiger partial charge in [0.05, 0.1) is 21.3 Å². The second-order valence-corrected chi connectivity index (χ2v) is 9.24. The zero-order chi connectivity index (χ0) is 25.1. The molecule has 10 heteroatoms. The SMILES string of the molecule is CSc1nccc(-c2nc(-c3c(Cl)cncc3Cl)n(O)c2-c2cccc(OCc3ccccc3)c2)n1. The molecule has 2 aromatic carbocycles. The van der Waals surface area contributed by atoms with Crippen LogP contribution in [0.25, 0.3) is 34.0 Å². The zero-order valence-corrected chi connectivity index (χ0v) is 21.3. The standard InChI is InChI=1S/C26H19Cl2N5O2S/c1-36-26-30-11-10-21(31-26)23-24(33(34)25(32-23)22-19(27)13-29-14-20(22)28)17-8-5-9-18(12-17)35-15-16-6-3-2-4-7-16/h2-14,34H,15H2,1H3. The monoisotopic (exact) mass is 535 g/mol. The molecule has 7 nitrogen and oxygen atoms in total. The molecule has 0 aliphatic rings. The Morgan fingerprint density at radius 1 is 0.972 bits per heavy atom. The van der Waals surface area contributed by atoms with Gasteiger partial charge in [0.2, 0.25) is 0 Å². The van der Waals surface area contributed by atoms with Crippen molar-refractivity contribution in [2.45, 2.75) is 11.8 Å². The van der Waals surface area contributed by atoms with Crippen molar-refractivity contribution in [2.75, 3.05) is 6.26 Å². The molecule has 0 radical (unpaired) electrons. The highest BCUT2D eigenvalue weighted by Gasteiger charge is 2.25. The molecule has 0 amide bonds. The quantitative estimate of drug-likeness (QED) is 0.137. The van der Waals surface area contributed by atoms with Crippen LogP contribution in [0.3, 0.4) is 0 Å². The van der Waals surface area contributed by atoms with Crippen LogP contribution in [0.1, 0.15) is 5.56 Å². The number of rotatable bonds is 7. The number of hydrogen-bond donors (Lipinski definition) is 1. The van der Waals surface area contributed by atoms with Crippen LogP contribution in [-0.2, 0) is 6.61 Å². The van der Waals surface area contributed by atoms with E-state index in [0.717, 1.165) is 10.3 Å². The summed E-state index contributed by atoms with van der Waals surface area (Å²) in [6, 6.07) is 19.0. The number of benzene rings is 2. The van der Waals surface area contributed by atoms with Gasteiger partial charge in [-0.05, 0) is 30.0 Å². The Labute approximate surface area is 221 Å². The molecule has 0 aliphatic heterocycles. The maximum Gasteiger partial charge on any atom is 0.187 e. The Morgan fingerprint density at radius 2 is 1.75 bits per heavy atom. The minimum Gasteiger partial charge on any atom is -0.489 e. The molecule has 3 aromatic heterocycles. The van der Waals surface area contributed by atoms with E-state index in [1.807, 2.05) is 60.9 Å². The maximum absolute atomic E-state index is 11.4. The summed E-state index contributed by atoms with van der Waals surface area (Å²) >= 11 is 14.2. The summed E-state index contributed by atoms with van der Waals surface area (Å²) in [4.78, 5) is 17.6. The Bertz CT molecular complexity index is 1510. The van der Waals surface area contributed by atoms with Crippen molar-refractivity contribution in [1.82, 2.24) is 24.7 Å². The van der Waals surface area contributed by atoms with E-state index in [1.54, 1.807) is 12.3 Å². The van der Waals surface area contributed by atoms with E-state index in [-0.39, 0.29) is 15.9 Å². The molecular formula is C26H19Cl2N5O2S. The second-order valence-electron chi connectivity index (χ2n) is 7.65. The first-order valence-electron chi connectivity index (χ1n) is 10.8. The molecule has 5 aromatic rings. The first-order chi connectivity index (χ1) is 17.5. The molecule has 0 unspecified atom stereocenters. The summed E-state index contributed by atoms with van der Waals surface area (Å²) in [6.45, 7) is 0.409. The lowest BCUT2D eigenvalue weighted by Gasteiger charge is -2.10. The Hall–Kier alpha value is -3.59. The van der Waals surface area contributed by atoms with Gasteiger partial charge < -0.3 is 9.94 Å². The first kappa shape index (κ1) is 24.1. The largest absolute Gasteiger partial charge is 0.489 e. The molecule has 0 fully saturated rings. The fraction of sp³-hybridized carbons (Fsp3) is 0.0769. The lowest BCUT2D eigenvalue weighted by atomic mass is 10.1. The van der Waals surface area contributed by atoms with E-state index in [1.165, 1.54) is 24.2 Å². The molecular weight excluding hydrogens is 517 g/mol. The third-order valence-electron chi connectivity index (χ3n) is 5.35. The first-order valence-corrected chi connectivity index (χ1v) is 12.8. The normalized spacial score (nSPS) is 11.0. The van der Waals surface area contributed by atoms with Gasteiger partial charge in [0.25, 0.3) is 0 Å². The zero-order valence-electron chi connectivity index (χ0n) is 19.0. The van der Waals surface area contributed by atoms with Gasteiger partial charge in [-0.15, -0.1) is 0 Å². The van der Waals surface area contributed by atoms with Crippen LogP contribution in [0.4, 0.5) is 0 Å². The highest BCUT2D eigenvalue weighted by atomic mass is 35.5. The van der Waals surface area contributed by atoms with Crippen LogP contribution in [0.2, 0.25) is 10.0 Å². The fourth-order valence-corrected chi connectivity index (χ4v) is 4.57. The molecule has 36 heavy (non-hydrogen) atoms. The Morgan fingerprint density at radius 3 is 2.50 bits per heavy atom. The molecule has 0 saturated carbocycles. The molecule has 0 spiro atoms.